The van der Waals surface area contributed by atoms with Gasteiger partial charge in [-0.1, -0.05) is 0 Å². The number of carbonyl (C=O) groups excluding carboxylic acids is 1. The topological polar surface area (TPSA) is 67.8 Å². The fourth-order valence-electron chi connectivity index (χ4n) is 2.59. The predicted octanol–water partition coefficient (Wildman–Crippen LogP) is -0.901. The van der Waals surface area contributed by atoms with Crippen LogP contribution in [0.5, 0.6) is 0 Å². The quantitative estimate of drug-likeness (QED) is 0.590. The molecule has 1 saturated heterocycles. The van der Waals surface area contributed by atoms with E-state index in [2.05, 4.69) is 15.5 Å². The Labute approximate surface area is 122 Å². The number of nitrogens with one attached hydrogen (secondary N) is 2. The lowest BCUT2D eigenvalue weighted by atomic mass is 9.99. The molecule has 0 aromatic rings. The van der Waals surface area contributed by atoms with E-state index in [1.807, 2.05) is 32.8 Å². The molecule has 118 valence electrons. The number of likely N-dealkylation sites (N-methyl/N-ethyl adjacent to an activating group) is 1. The van der Waals surface area contributed by atoms with Crippen molar-refractivity contribution in [1.29, 1.82) is 0 Å². The summed E-state index contributed by atoms with van der Waals surface area (Å²) in [5.74, 6) is -0.0292. The Bertz CT molecular complexity index is 323. The lowest BCUT2D eigenvalue weighted by Crippen LogP contribution is -2.61. The van der Waals surface area contributed by atoms with Crippen LogP contribution in [0, 0.1) is 0 Å². The summed E-state index contributed by atoms with van der Waals surface area (Å²) < 4.78 is 0. The normalized spacial score (nSPS) is 20.8. The third-order valence-corrected chi connectivity index (χ3v) is 3.75. The molecule has 0 radical (unpaired) electrons. The van der Waals surface area contributed by atoms with Crippen molar-refractivity contribution >= 4 is 5.91 Å². The monoisotopic (exact) mass is 286 g/mol. The van der Waals surface area contributed by atoms with Crippen molar-refractivity contribution in [2.45, 2.75) is 31.9 Å². The van der Waals surface area contributed by atoms with Gasteiger partial charge in [-0.15, -0.1) is 0 Å². The molecule has 1 rings (SSSR count). The molecule has 1 aliphatic heterocycles. The summed E-state index contributed by atoms with van der Waals surface area (Å²) in [7, 11) is 3.81. The number of hydrogen-bond acceptors (Lipinski definition) is 5. The Morgan fingerprint density at radius 1 is 1.30 bits per heavy atom. The minimum atomic E-state index is -0.918. The second-order valence-corrected chi connectivity index (χ2v) is 6.71. The second kappa shape index (κ2) is 6.85. The van der Waals surface area contributed by atoms with Gasteiger partial charge in [-0.25, -0.2) is 0 Å². The number of nitrogens with zero attached hydrogens (tertiary/aromatic N) is 2. The smallest absolute Gasteiger partial charge is 0.240 e. The summed E-state index contributed by atoms with van der Waals surface area (Å²) in [5, 5.41) is 16.4. The minimum Gasteiger partial charge on any atom is -0.387 e. The van der Waals surface area contributed by atoms with Gasteiger partial charge >= 0.3 is 0 Å². The Morgan fingerprint density at radius 3 is 2.35 bits per heavy atom. The largest absolute Gasteiger partial charge is 0.387 e. The highest BCUT2D eigenvalue weighted by Gasteiger charge is 2.36. The van der Waals surface area contributed by atoms with Crippen molar-refractivity contribution in [1.82, 2.24) is 20.4 Å². The maximum atomic E-state index is 12.4. The van der Waals surface area contributed by atoms with Crippen LogP contribution >= 0.6 is 0 Å². The first kappa shape index (κ1) is 17.4. The summed E-state index contributed by atoms with van der Waals surface area (Å²) >= 11 is 0. The highest BCUT2D eigenvalue weighted by Crippen LogP contribution is 2.15. The van der Waals surface area contributed by atoms with E-state index >= 15 is 0 Å². The zero-order valence-corrected chi connectivity index (χ0v) is 13.5. The highest BCUT2D eigenvalue weighted by atomic mass is 16.3. The van der Waals surface area contributed by atoms with Crippen LogP contribution in [0.2, 0.25) is 0 Å². The van der Waals surface area contributed by atoms with Gasteiger partial charge in [0.05, 0.1) is 11.1 Å². The van der Waals surface area contributed by atoms with E-state index in [9.17, 15) is 9.90 Å². The molecule has 0 saturated carbocycles. The summed E-state index contributed by atoms with van der Waals surface area (Å²) in [4.78, 5) is 16.5. The third-order valence-electron chi connectivity index (χ3n) is 3.75. The van der Waals surface area contributed by atoms with Crippen molar-refractivity contribution in [3.05, 3.63) is 0 Å². The maximum Gasteiger partial charge on any atom is 0.240 e. The van der Waals surface area contributed by atoms with Crippen LogP contribution in [0.25, 0.3) is 0 Å². The summed E-state index contributed by atoms with van der Waals surface area (Å²) in [6, 6.07) is 0. The van der Waals surface area contributed by atoms with Crippen LogP contribution in [-0.4, -0.2) is 85.3 Å². The van der Waals surface area contributed by atoms with Gasteiger partial charge in [0.15, 0.2) is 0 Å². The molecular weight excluding hydrogens is 256 g/mol. The Balaban J connectivity index is 2.52. The van der Waals surface area contributed by atoms with Crippen molar-refractivity contribution in [3.63, 3.8) is 0 Å². The van der Waals surface area contributed by atoms with Crippen LogP contribution in [0.4, 0.5) is 0 Å². The van der Waals surface area contributed by atoms with Crippen molar-refractivity contribution in [2.24, 2.45) is 0 Å². The van der Waals surface area contributed by atoms with Gasteiger partial charge in [0.25, 0.3) is 0 Å². The molecular formula is C14H30N4O2. The zero-order valence-electron chi connectivity index (χ0n) is 13.5. The molecule has 1 fully saturated rings. The molecule has 0 aromatic heterocycles. The summed E-state index contributed by atoms with van der Waals surface area (Å²) in [5.41, 5.74) is -1.46. The van der Waals surface area contributed by atoms with Gasteiger partial charge in [0.2, 0.25) is 5.91 Å². The zero-order chi connectivity index (χ0) is 15.4. The van der Waals surface area contributed by atoms with E-state index in [4.69, 9.17) is 0 Å². The van der Waals surface area contributed by atoms with Crippen molar-refractivity contribution in [3.8, 4) is 0 Å². The fraction of sp³-hybridized carbons (Fsp3) is 0.929. The molecule has 1 heterocycles. The van der Waals surface area contributed by atoms with Crippen molar-refractivity contribution in [2.75, 3.05) is 53.4 Å². The molecule has 1 amide bonds. The first-order valence-electron chi connectivity index (χ1n) is 7.26. The number of rotatable bonds is 6. The standard InChI is InChI=1S/C14H30N4O2/c1-13(2,18-8-6-15-7-9-18)12(19)16-10-14(3,20)11-17(4)5/h15,20H,6-11H2,1-5H3,(H,16,19). The molecule has 6 heteroatoms. The Hall–Kier alpha value is -0.690. The molecule has 20 heavy (non-hydrogen) atoms. The minimum absolute atomic E-state index is 0.0292. The molecule has 0 aliphatic carbocycles. The lowest BCUT2D eigenvalue weighted by molar-refractivity contribution is -0.133. The highest BCUT2D eigenvalue weighted by molar-refractivity contribution is 5.85. The number of piperazine rings is 1. The van der Waals surface area contributed by atoms with Gasteiger partial charge in [-0.2, -0.15) is 0 Å². The molecule has 0 spiro atoms. The van der Waals surface area contributed by atoms with E-state index in [0.29, 0.717) is 6.54 Å². The van der Waals surface area contributed by atoms with Gasteiger partial charge in [0, 0.05) is 39.3 Å². The van der Waals surface area contributed by atoms with Crippen LogP contribution in [0.15, 0.2) is 0 Å². The Morgan fingerprint density at radius 2 is 1.85 bits per heavy atom. The average Bonchev–Trinajstić information content (AvgIpc) is 2.35. The SMILES string of the molecule is CN(C)CC(C)(O)CNC(=O)C(C)(C)N1CCNCC1. The number of aliphatic hydroxyl groups is 1. The van der Waals surface area contributed by atoms with E-state index < -0.39 is 11.1 Å². The molecule has 0 bridgehead atoms. The van der Waals surface area contributed by atoms with E-state index in [1.54, 1.807) is 6.92 Å². The first-order chi connectivity index (χ1) is 9.15. The number of carbonyl (C=O) groups is 1. The van der Waals surface area contributed by atoms with Crippen LogP contribution in [0.3, 0.4) is 0 Å². The van der Waals surface area contributed by atoms with E-state index in [1.165, 1.54) is 0 Å². The Kier molecular flexibility index (Phi) is 5.94. The predicted molar refractivity (Wildman–Crippen MR) is 80.7 cm³/mol. The molecule has 6 nitrogen and oxygen atoms in total. The van der Waals surface area contributed by atoms with Gasteiger partial charge in [-0.3, -0.25) is 9.69 Å². The van der Waals surface area contributed by atoms with Gasteiger partial charge < -0.3 is 20.6 Å². The van der Waals surface area contributed by atoms with Gasteiger partial charge in [-0.05, 0) is 34.9 Å². The van der Waals surface area contributed by atoms with Crippen LogP contribution in [0.1, 0.15) is 20.8 Å². The lowest BCUT2D eigenvalue weighted by Gasteiger charge is -2.40. The second-order valence-electron chi connectivity index (χ2n) is 6.71. The summed E-state index contributed by atoms with van der Waals surface area (Å²) in [6.07, 6.45) is 0. The van der Waals surface area contributed by atoms with E-state index in [-0.39, 0.29) is 12.5 Å². The molecule has 1 unspecified atom stereocenters. The third kappa shape index (κ3) is 5.01. The summed E-state index contributed by atoms with van der Waals surface area (Å²) in [6.45, 7) is 9.96. The molecule has 0 aromatic carbocycles. The van der Waals surface area contributed by atoms with Crippen molar-refractivity contribution < 1.29 is 9.90 Å². The number of amides is 1. The fourth-order valence-corrected chi connectivity index (χ4v) is 2.59. The average molecular weight is 286 g/mol. The van der Waals surface area contributed by atoms with Crippen LogP contribution in [-0.2, 0) is 4.79 Å². The first-order valence-corrected chi connectivity index (χ1v) is 7.26. The molecule has 3 N–H and O–H groups in total. The van der Waals surface area contributed by atoms with Gasteiger partial charge in [0.1, 0.15) is 0 Å². The van der Waals surface area contributed by atoms with E-state index in [0.717, 1.165) is 26.2 Å². The number of hydrogen-bond donors (Lipinski definition) is 3. The molecule has 1 atom stereocenters. The molecule has 1 aliphatic rings. The van der Waals surface area contributed by atoms with Crippen LogP contribution < -0.4 is 10.6 Å². The maximum absolute atomic E-state index is 12.4.